The first kappa shape index (κ1) is 21.5. The van der Waals surface area contributed by atoms with Gasteiger partial charge in [-0.2, -0.15) is 0 Å². The molecular formula is C26H31NO4S. The molecule has 2 aromatic rings. The lowest BCUT2D eigenvalue weighted by molar-refractivity contribution is -0.128. The summed E-state index contributed by atoms with van der Waals surface area (Å²) in [5.74, 6) is 0.105. The van der Waals surface area contributed by atoms with E-state index in [0.29, 0.717) is 31.2 Å². The maximum Gasteiger partial charge on any atom is 0.243 e. The molecule has 2 saturated carbocycles. The molecule has 1 spiro atoms. The zero-order chi connectivity index (χ0) is 22.7. The zero-order valence-corrected chi connectivity index (χ0v) is 19.8. The maximum absolute atomic E-state index is 13.6. The van der Waals surface area contributed by atoms with E-state index in [9.17, 15) is 13.2 Å². The first-order valence-electron chi connectivity index (χ1n) is 11.5. The van der Waals surface area contributed by atoms with E-state index in [-0.39, 0.29) is 16.7 Å². The van der Waals surface area contributed by atoms with Gasteiger partial charge in [-0.05, 0) is 49.1 Å². The van der Waals surface area contributed by atoms with Crippen LogP contribution >= 0.6 is 0 Å². The normalized spacial score (nSPS) is 30.2. The second kappa shape index (κ2) is 7.34. The van der Waals surface area contributed by atoms with E-state index in [2.05, 4.69) is 13.8 Å². The first-order chi connectivity index (χ1) is 15.2. The molecule has 1 aliphatic heterocycles. The molecule has 1 unspecified atom stereocenters. The van der Waals surface area contributed by atoms with Gasteiger partial charge in [0.05, 0.1) is 11.2 Å². The van der Waals surface area contributed by atoms with E-state index in [4.69, 9.17) is 4.74 Å². The summed E-state index contributed by atoms with van der Waals surface area (Å²) in [6.07, 6.45) is 2.64. The average Bonchev–Trinajstić information content (AvgIpc) is 3.29. The van der Waals surface area contributed by atoms with Crippen molar-refractivity contribution in [3.8, 4) is 5.75 Å². The van der Waals surface area contributed by atoms with Gasteiger partial charge < -0.3 is 4.74 Å². The number of ether oxygens (including phenoxy) is 1. The van der Waals surface area contributed by atoms with Crippen molar-refractivity contribution in [3.05, 3.63) is 65.7 Å². The molecule has 0 aromatic heterocycles. The largest absolute Gasteiger partial charge is 0.489 e. The van der Waals surface area contributed by atoms with Crippen LogP contribution in [0.5, 0.6) is 5.75 Å². The Balaban J connectivity index is 1.40. The molecule has 3 aliphatic rings. The van der Waals surface area contributed by atoms with Crippen LogP contribution in [0.4, 0.5) is 0 Å². The van der Waals surface area contributed by atoms with E-state index in [1.54, 1.807) is 6.92 Å². The van der Waals surface area contributed by atoms with Gasteiger partial charge in [-0.3, -0.25) is 4.79 Å². The Bertz CT molecular complexity index is 1140. The van der Waals surface area contributed by atoms with E-state index >= 15 is 0 Å². The minimum absolute atomic E-state index is 0.0558. The van der Waals surface area contributed by atoms with Crippen molar-refractivity contribution in [2.45, 2.75) is 57.8 Å². The Kier molecular flexibility index (Phi) is 4.93. The minimum atomic E-state index is -3.65. The number of carbonyl (C=O) groups excluding carboxylic acids is 1. The van der Waals surface area contributed by atoms with Gasteiger partial charge in [0.2, 0.25) is 15.9 Å². The van der Waals surface area contributed by atoms with Crippen LogP contribution in [0.2, 0.25) is 0 Å². The fourth-order valence-electron chi connectivity index (χ4n) is 6.54. The molecule has 1 heterocycles. The lowest BCUT2D eigenvalue weighted by Gasteiger charge is -2.36. The van der Waals surface area contributed by atoms with Crippen molar-refractivity contribution in [3.63, 3.8) is 0 Å². The second-order valence-electron chi connectivity index (χ2n) is 10.3. The van der Waals surface area contributed by atoms with Crippen LogP contribution < -0.4 is 4.74 Å². The van der Waals surface area contributed by atoms with E-state index in [1.165, 1.54) is 4.31 Å². The summed E-state index contributed by atoms with van der Waals surface area (Å²) < 4.78 is 34.2. The molecule has 6 heteroatoms. The molecule has 170 valence electrons. The van der Waals surface area contributed by atoms with E-state index < -0.39 is 21.2 Å². The number of para-hydroxylation sites is 1. The van der Waals surface area contributed by atoms with E-state index in [0.717, 1.165) is 24.0 Å². The highest BCUT2D eigenvalue weighted by molar-refractivity contribution is 7.90. The Hall–Kier alpha value is -2.34. The monoisotopic (exact) mass is 453 g/mol. The second-order valence-corrected chi connectivity index (χ2v) is 12.3. The van der Waals surface area contributed by atoms with Crippen LogP contribution in [0.3, 0.4) is 0 Å². The van der Waals surface area contributed by atoms with Crippen molar-refractivity contribution >= 4 is 15.9 Å². The van der Waals surface area contributed by atoms with Gasteiger partial charge in [0.1, 0.15) is 12.4 Å². The standard InChI is InChI=1S/C26H31NO4S/c1-18(21-11-7-8-12-22(21)31-16-19-9-5-4-6-10-19)24(28)27-17-26-14-13-20(25(26,2)3)15-23(26)32(27,29)30/h4-12,18,20,23H,13-17H2,1-3H3/t18-,20?,23-,26+/m0/s1. The molecule has 0 N–H and O–H groups in total. The predicted octanol–water partition coefficient (Wildman–Crippen LogP) is 4.74. The Labute approximate surface area is 190 Å². The summed E-state index contributed by atoms with van der Waals surface area (Å²) in [5, 5.41) is -0.426. The van der Waals surface area contributed by atoms with Crippen LogP contribution in [0, 0.1) is 16.7 Å². The third-order valence-electron chi connectivity index (χ3n) is 8.69. The first-order valence-corrected chi connectivity index (χ1v) is 13.0. The number of hydrogen-bond donors (Lipinski definition) is 0. The molecule has 2 bridgehead atoms. The van der Waals surface area contributed by atoms with Crippen molar-refractivity contribution in [2.75, 3.05) is 6.54 Å². The lowest BCUT2D eigenvalue weighted by atomic mass is 9.69. The minimum Gasteiger partial charge on any atom is -0.489 e. The number of benzene rings is 2. The number of rotatable bonds is 5. The summed E-state index contributed by atoms with van der Waals surface area (Å²) >= 11 is 0. The highest BCUT2D eigenvalue weighted by Crippen LogP contribution is 2.70. The molecule has 32 heavy (non-hydrogen) atoms. The van der Waals surface area contributed by atoms with Gasteiger partial charge in [-0.15, -0.1) is 0 Å². The molecule has 1 saturated heterocycles. The Morgan fingerprint density at radius 3 is 2.50 bits per heavy atom. The van der Waals surface area contributed by atoms with Crippen LogP contribution in [0.25, 0.3) is 0 Å². The molecule has 5 rings (SSSR count). The molecule has 2 aromatic carbocycles. The van der Waals surface area contributed by atoms with Crippen LogP contribution in [0.15, 0.2) is 54.6 Å². The molecule has 5 nitrogen and oxygen atoms in total. The highest BCUT2D eigenvalue weighted by atomic mass is 32.2. The van der Waals surface area contributed by atoms with Gasteiger partial charge in [0, 0.05) is 17.5 Å². The summed E-state index contributed by atoms with van der Waals surface area (Å²) in [6, 6.07) is 17.3. The maximum atomic E-state index is 13.6. The number of hydrogen-bond acceptors (Lipinski definition) is 4. The highest BCUT2D eigenvalue weighted by Gasteiger charge is 2.73. The van der Waals surface area contributed by atoms with Crippen molar-refractivity contribution in [1.82, 2.24) is 4.31 Å². The summed E-state index contributed by atoms with van der Waals surface area (Å²) in [5.41, 5.74) is 1.39. The SMILES string of the molecule is C[C@H](C(=O)N1C[C@]23CCC(C[C@@H]2S1(=O)=O)C3(C)C)c1ccccc1OCc1ccccc1. The lowest BCUT2D eigenvalue weighted by Crippen LogP contribution is -2.40. The molecule has 3 fully saturated rings. The number of carbonyl (C=O) groups is 1. The van der Waals surface area contributed by atoms with Crippen molar-refractivity contribution in [1.29, 1.82) is 0 Å². The van der Waals surface area contributed by atoms with Crippen molar-refractivity contribution in [2.24, 2.45) is 16.7 Å². The summed E-state index contributed by atoms with van der Waals surface area (Å²) in [7, 11) is -3.65. The molecule has 4 atom stereocenters. The third-order valence-corrected chi connectivity index (χ3v) is 11.0. The quantitative estimate of drug-likeness (QED) is 0.656. The summed E-state index contributed by atoms with van der Waals surface area (Å²) in [4.78, 5) is 13.6. The molecular weight excluding hydrogens is 422 g/mol. The van der Waals surface area contributed by atoms with Crippen LogP contribution in [-0.4, -0.2) is 30.4 Å². The van der Waals surface area contributed by atoms with Gasteiger partial charge in [-0.25, -0.2) is 12.7 Å². The van der Waals surface area contributed by atoms with Crippen molar-refractivity contribution < 1.29 is 17.9 Å². The Morgan fingerprint density at radius 2 is 1.81 bits per heavy atom. The molecule has 2 aliphatic carbocycles. The van der Waals surface area contributed by atoms with Gasteiger partial charge >= 0.3 is 0 Å². The van der Waals surface area contributed by atoms with Gasteiger partial charge in [0.15, 0.2) is 0 Å². The number of fused-ring (bicyclic) bond motifs is 1. The number of nitrogens with zero attached hydrogens (tertiary/aromatic N) is 1. The predicted molar refractivity (Wildman–Crippen MR) is 124 cm³/mol. The number of sulfonamides is 1. The fraction of sp³-hybridized carbons (Fsp3) is 0.500. The molecule has 0 radical (unpaired) electrons. The van der Waals surface area contributed by atoms with Gasteiger partial charge in [0.25, 0.3) is 0 Å². The van der Waals surface area contributed by atoms with Gasteiger partial charge in [-0.1, -0.05) is 62.4 Å². The van der Waals surface area contributed by atoms with E-state index in [1.807, 2.05) is 54.6 Å². The zero-order valence-electron chi connectivity index (χ0n) is 19.0. The third kappa shape index (κ3) is 2.95. The molecule has 1 amide bonds. The smallest absolute Gasteiger partial charge is 0.243 e. The topological polar surface area (TPSA) is 63.7 Å². The number of amides is 1. The van der Waals surface area contributed by atoms with Crippen LogP contribution in [0.1, 0.15) is 57.1 Å². The summed E-state index contributed by atoms with van der Waals surface area (Å²) in [6.45, 7) is 6.90. The fourth-order valence-corrected chi connectivity index (χ4v) is 9.21. The van der Waals surface area contributed by atoms with Crippen LogP contribution in [-0.2, 0) is 21.4 Å². The Morgan fingerprint density at radius 1 is 1.12 bits per heavy atom. The average molecular weight is 454 g/mol.